The minimum Gasteiger partial charge on any atom is -0.486 e. The maximum atomic E-state index is 11.0. The number of anilines is 1. The van der Waals surface area contributed by atoms with Crippen molar-refractivity contribution in [2.75, 3.05) is 18.5 Å². The molecule has 0 aliphatic carbocycles. The van der Waals surface area contributed by atoms with Crippen LogP contribution in [0, 0.1) is 6.92 Å². The summed E-state index contributed by atoms with van der Waals surface area (Å²) >= 11 is 0. The molecule has 0 bridgehead atoms. The second-order valence-electron chi connectivity index (χ2n) is 3.42. The molecule has 1 N–H and O–H groups in total. The second kappa shape index (κ2) is 4.22. The van der Waals surface area contributed by atoms with E-state index >= 15 is 0 Å². The van der Waals surface area contributed by atoms with Crippen LogP contribution >= 0.6 is 0 Å². The fourth-order valence-corrected chi connectivity index (χ4v) is 1.49. The molecule has 0 spiro atoms. The van der Waals surface area contributed by atoms with Gasteiger partial charge in [0.2, 0.25) is 6.29 Å². The number of fused-ring (bicyclic) bond motifs is 1. The lowest BCUT2D eigenvalue weighted by molar-refractivity contribution is -0.127. The number of hydrogen-bond acceptors (Lipinski definition) is 4. The van der Waals surface area contributed by atoms with Gasteiger partial charge in [-0.3, -0.25) is 9.59 Å². The first kappa shape index (κ1) is 10.5. The predicted molar refractivity (Wildman–Crippen MR) is 56.9 cm³/mol. The molecule has 0 saturated heterocycles. The van der Waals surface area contributed by atoms with E-state index in [0.717, 1.165) is 5.56 Å². The lowest BCUT2D eigenvalue weighted by Crippen LogP contribution is -2.17. The summed E-state index contributed by atoms with van der Waals surface area (Å²) in [5.41, 5.74) is 1.38. The monoisotopic (exact) mass is 221 g/mol. The first-order valence-electron chi connectivity index (χ1n) is 4.87. The topological polar surface area (TPSA) is 64.6 Å². The highest BCUT2D eigenvalue weighted by molar-refractivity contribution is 6.29. The number of aryl methyl sites for hydroxylation is 1. The molecule has 16 heavy (non-hydrogen) atoms. The summed E-state index contributed by atoms with van der Waals surface area (Å²) in [4.78, 5) is 21.2. The van der Waals surface area contributed by atoms with Gasteiger partial charge in [-0.15, -0.1) is 0 Å². The van der Waals surface area contributed by atoms with Gasteiger partial charge in [0.1, 0.15) is 13.2 Å². The summed E-state index contributed by atoms with van der Waals surface area (Å²) in [6.45, 7) is 2.82. The Bertz CT molecular complexity index is 442. The Morgan fingerprint density at radius 2 is 1.94 bits per heavy atom. The molecule has 0 radical (unpaired) electrons. The number of hydrogen-bond donors (Lipinski definition) is 1. The fraction of sp³-hybridized carbons (Fsp3) is 0.273. The van der Waals surface area contributed by atoms with Crippen LogP contribution in [0.1, 0.15) is 5.56 Å². The number of benzene rings is 1. The second-order valence-corrected chi connectivity index (χ2v) is 3.42. The normalized spacial score (nSPS) is 13.1. The average molecular weight is 221 g/mol. The number of amides is 1. The number of carbonyl (C=O) groups excluding carboxylic acids is 2. The minimum absolute atomic E-state index is 0.232. The zero-order valence-corrected chi connectivity index (χ0v) is 8.78. The van der Waals surface area contributed by atoms with E-state index in [4.69, 9.17) is 9.47 Å². The number of carbonyl (C=O) groups is 2. The molecule has 0 saturated carbocycles. The molecule has 0 fully saturated rings. The molecule has 0 unspecified atom stereocenters. The molecule has 5 heteroatoms. The molecule has 1 aromatic rings. The van der Waals surface area contributed by atoms with Gasteiger partial charge in [-0.2, -0.15) is 0 Å². The lowest BCUT2D eigenvalue weighted by atomic mass is 10.1. The maximum Gasteiger partial charge on any atom is 0.288 e. The van der Waals surface area contributed by atoms with Crippen molar-refractivity contribution >= 4 is 17.9 Å². The van der Waals surface area contributed by atoms with Crippen LogP contribution < -0.4 is 14.8 Å². The van der Waals surface area contributed by atoms with E-state index in [1.165, 1.54) is 0 Å². The zero-order chi connectivity index (χ0) is 11.5. The fourth-order valence-electron chi connectivity index (χ4n) is 1.49. The molecule has 0 atom stereocenters. The van der Waals surface area contributed by atoms with Crippen molar-refractivity contribution in [3.63, 3.8) is 0 Å². The lowest BCUT2D eigenvalue weighted by Gasteiger charge is -2.20. The SMILES string of the molecule is Cc1cc2c(cc1NC(=O)C=O)OCCO2. The van der Waals surface area contributed by atoms with Crippen molar-refractivity contribution < 1.29 is 19.1 Å². The number of aldehydes is 1. The molecular weight excluding hydrogens is 210 g/mol. The molecule has 1 aromatic carbocycles. The summed E-state index contributed by atoms with van der Waals surface area (Å²) < 4.78 is 10.8. The molecule has 1 aliphatic rings. The highest BCUT2D eigenvalue weighted by Crippen LogP contribution is 2.35. The molecule has 1 heterocycles. The summed E-state index contributed by atoms with van der Waals surface area (Å²) in [5, 5.41) is 2.47. The molecule has 2 rings (SSSR count). The van der Waals surface area contributed by atoms with E-state index in [1.807, 2.05) is 6.92 Å². The standard InChI is InChI=1S/C11H11NO4/c1-7-4-9-10(16-3-2-15-9)5-8(7)12-11(14)6-13/h4-6H,2-3H2,1H3,(H,12,14). The number of ether oxygens (including phenoxy) is 2. The molecule has 1 amide bonds. The van der Waals surface area contributed by atoms with Crippen molar-refractivity contribution in [1.29, 1.82) is 0 Å². The Kier molecular flexibility index (Phi) is 2.76. The molecule has 0 aromatic heterocycles. The highest BCUT2D eigenvalue weighted by Gasteiger charge is 2.14. The molecule has 5 nitrogen and oxygen atoms in total. The van der Waals surface area contributed by atoms with Crippen molar-refractivity contribution in [3.05, 3.63) is 17.7 Å². The van der Waals surface area contributed by atoms with E-state index in [9.17, 15) is 9.59 Å². The van der Waals surface area contributed by atoms with E-state index in [2.05, 4.69) is 5.32 Å². The Balaban J connectivity index is 2.32. The smallest absolute Gasteiger partial charge is 0.288 e. The van der Waals surface area contributed by atoms with Gasteiger partial charge in [0.05, 0.1) is 0 Å². The van der Waals surface area contributed by atoms with Gasteiger partial charge < -0.3 is 14.8 Å². The third kappa shape index (κ3) is 1.98. The van der Waals surface area contributed by atoms with Gasteiger partial charge in [0, 0.05) is 11.8 Å². The van der Waals surface area contributed by atoms with E-state index in [0.29, 0.717) is 30.4 Å². The van der Waals surface area contributed by atoms with Gasteiger partial charge in [-0.1, -0.05) is 0 Å². The van der Waals surface area contributed by atoms with Crippen LogP contribution in [0.5, 0.6) is 11.5 Å². The largest absolute Gasteiger partial charge is 0.486 e. The minimum atomic E-state index is -0.681. The first-order valence-corrected chi connectivity index (χ1v) is 4.87. The Morgan fingerprint density at radius 1 is 1.31 bits per heavy atom. The zero-order valence-electron chi connectivity index (χ0n) is 8.78. The van der Waals surface area contributed by atoms with Gasteiger partial charge in [0.25, 0.3) is 5.91 Å². The highest BCUT2D eigenvalue weighted by atomic mass is 16.6. The maximum absolute atomic E-state index is 11.0. The van der Waals surface area contributed by atoms with Crippen LogP contribution in [0.15, 0.2) is 12.1 Å². The third-order valence-corrected chi connectivity index (χ3v) is 2.25. The Morgan fingerprint density at radius 3 is 2.56 bits per heavy atom. The number of nitrogens with one attached hydrogen (secondary N) is 1. The summed E-state index contributed by atoms with van der Waals surface area (Å²) in [5.74, 6) is 0.561. The molecule has 84 valence electrons. The summed E-state index contributed by atoms with van der Waals surface area (Å²) in [6, 6.07) is 3.43. The molecule has 1 aliphatic heterocycles. The molecular formula is C11H11NO4. The van der Waals surface area contributed by atoms with Gasteiger partial charge in [-0.25, -0.2) is 0 Å². The summed E-state index contributed by atoms with van der Waals surface area (Å²) in [7, 11) is 0. The Labute approximate surface area is 92.4 Å². The third-order valence-electron chi connectivity index (χ3n) is 2.25. The van der Waals surface area contributed by atoms with Crippen molar-refractivity contribution in [1.82, 2.24) is 0 Å². The van der Waals surface area contributed by atoms with Crippen molar-refractivity contribution in [3.8, 4) is 11.5 Å². The summed E-state index contributed by atoms with van der Waals surface area (Å²) in [6.07, 6.45) is 0.232. The van der Waals surface area contributed by atoms with Crippen LogP contribution in [-0.2, 0) is 9.59 Å². The predicted octanol–water partition coefficient (Wildman–Crippen LogP) is 0.904. The number of rotatable bonds is 2. The Hall–Kier alpha value is -2.04. The van der Waals surface area contributed by atoms with E-state index in [1.54, 1.807) is 12.1 Å². The van der Waals surface area contributed by atoms with Crippen LogP contribution in [-0.4, -0.2) is 25.4 Å². The average Bonchev–Trinajstić information content (AvgIpc) is 2.30. The van der Waals surface area contributed by atoms with Gasteiger partial charge in [0.15, 0.2) is 11.5 Å². The van der Waals surface area contributed by atoms with E-state index < -0.39 is 5.91 Å². The van der Waals surface area contributed by atoms with Crippen LogP contribution in [0.2, 0.25) is 0 Å². The quantitative estimate of drug-likeness (QED) is 0.595. The first-order chi connectivity index (χ1) is 7.70. The van der Waals surface area contributed by atoms with Crippen molar-refractivity contribution in [2.45, 2.75) is 6.92 Å². The van der Waals surface area contributed by atoms with E-state index in [-0.39, 0.29) is 6.29 Å². The van der Waals surface area contributed by atoms with Gasteiger partial charge in [-0.05, 0) is 18.6 Å². The van der Waals surface area contributed by atoms with Crippen LogP contribution in [0.3, 0.4) is 0 Å². The van der Waals surface area contributed by atoms with Crippen LogP contribution in [0.25, 0.3) is 0 Å². The van der Waals surface area contributed by atoms with Crippen LogP contribution in [0.4, 0.5) is 5.69 Å². The van der Waals surface area contributed by atoms with Crippen molar-refractivity contribution in [2.24, 2.45) is 0 Å². The van der Waals surface area contributed by atoms with Gasteiger partial charge >= 0.3 is 0 Å².